The predicted octanol–water partition coefficient (Wildman–Crippen LogP) is 4.89. The van der Waals surface area contributed by atoms with Crippen LogP contribution in [0.3, 0.4) is 0 Å². The number of hydrogen-bond acceptors (Lipinski definition) is 2. The van der Waals surface area contributed by atoms with Crippen molar-refractivity contribution in [2.24, 2.45) is 0 Å². The summed E-state index contributed by atoms with van der Waals surface area (Å²) in [5.41, 5.74) is 0.762. The molecule has 1 aliphatic rings. The third kappa shape index (κ3) is 4.87. The van der Waals surface area contributed by atoms with E-state index in [-0.39, 0.29) is 16.2 Å². The first kappa shape index (κ1) is 17.6. The maximum atomic E-state index is 12.8. The van der Waals surface area contributed by atoms with Gasteiger partial charge in [0, 0.05) is 10.4 Å². The van der Waals surface area contributed by atoms with E-state index < -0.39 is 0 Å². The van der Waals surface area contributed by atoms with E-state index in [4.69, 9.17) is 0 Å². The predicted molar refractivity (Wildman–Crippen MR) is 99.6 cm³/mol. The van der Waals surface area contributed by atoms with Crippen LogP contribution in [0.4, 0.5) is 0 Å². The smallest absolute Gasteiger partial charge is 0.237 e. The molecule has 0 saturated heterocycles. The number of nitrogens with one attached hydrogen (secondary N) is 1. The molecule has 2 rings (SSSR count). The van der Waals surface area contributed by atoms with Crippen LogP contribution in [0.25, 0.3) is 0 Å². The van der Waals surface area contributed by atoms with Crippen molar-refractivity contribution in [3.8, 4) is 0 Å². The fraction of sp³-hybridized carbons (Fsp3) is 0.350. The molecule has 1 aromatic rings. The maximum Gasteiger partial charge on any atom is 0.237 e. The Morgan fingerprint density at radius 3 is 2.48 bits per heavy atom. The van der Waals surface area contributed by atoms with Crippen molar-refractivity contribution in [1.82, 2.24) is 5.32 Å². The lowest BCUT2D eigenvalue weighted by Crippen LogP contribution is -2.48. The van der Waals surface area contributed by atoms with Gasteiger partial charge in [-0.15, -0.1) is 11.8 Å². The molecule has 3 heteroatoms. The van der Waals surface area contributed by atoms with Gasteiger partial charge in [0.1, 0.15) is 0 Å². The van der Waals surface area contributed by atoms with Crippen molar-refractivity contribution >= 4 is 17.7 Å². The summed E-state index contributed by atoms with van der Waals surface area (Å²) >= 11 is 1.68. The second-order valence-corrected chi connectivity index (χ2v) is 8.06. The van der Waals surface area contributed by atoms with Gasteiger partial charge in [0.25, 0.3) is 0 Å². The number of thioether (sulfide) groups is 1. The van der Waals surface area contributed by atoms with E-state index in [0.29, 0.717) is 0 Å². The Balaban J connectivity index is 2.01. The van der Waals surface area contributed by atoms with E-state index in [2.05, 4.69) is 44.5 Å². The lowest BCUT2D eigenvalue weighted by atomic mass is 9.94. The van der Waals surface area contributed by atoms with Crippen LogP contribution in [0.5, 0.6) is 0 Å². The molecule has 1 aromatic carbocycles. The van der Waals surface area contributed by atoms with Gasteiger partial charge in [-0.1, -0.05) is 49.6 Å². The third-order valence-corrected chi connectivity index (χ3v) is 5.36. The van der Waals surface area contributed by atoms with Gasteiger partial charge in [-0.25, -0.2) is 0 Å². The molecule has 23 heavy (non-hydrogen) atoms. The van der Waals surface area contributed by atoms with E-state index in [9.17, 15) is 4.79 Å². The zero-order valence-electron chi connectivity index (χ0n) is 14.0. The first-order valence-corrected chi connectivity index (χ1v) is 8.73. The first-order chi connectivity index (χ1) is 10.9. The summed E-state index contributed by atoms with van der Waals surface area (Å²) in [5.74, 6) is 0.137. The Bertz CT molecular complexity index is 612. The van der Waals surface area contributed by atoms with Crippen LogP contribution in [0.15, 0.2) is 72.2 Å². The number of amides is 1. The lowest BCUT2D eigenvalue weighted by molar-refractivity contribution is -0.122. The molecule has 1 amide bonds. The molecule has 2 nitrogen and oxygen atoms in total. The van der Waals surface area contributed by atoms with Gasteiger partial charge in [0.2, 0.25) is 5.91 Å². The molecular weight excluding hydrogens is 302 g/mol. The van der Waals surface area contributed by atoms with Gasteiger partial charge < -0.3 is 5.32 Å². The van der Waals surface area contributed by atoms with Crippen LogP contribution in [-0.4, -0.2) is 16.2 Å². The molecule has 0 spiro atoms. The Labute approximate surface area is 143 Å². The minimum absolute atomic E-state index is 0.137. The van der Waals surface area contributed by atoms with Crippen molar-refractivity contribution < 1.29 is 4.79 Å². The third-order valence-electron chi connectivity index (χ3n) is 3.87. The molecule has 0 radical (unpaired) electrons. The molecule has 0 unspecified atom stereocenters. The average molecular weight is 327 g/mol. The average Bonchev–Trinajstić information content (AvgIpc) is 3.28. The second-order valence-electron chi connectivity index (χ2n) is 6.61. The number of carbonyl (C=O) groups excluding carboxylic acids is 1. The van der Waals surface area contributed by atoms with Crippen molar-refractivity contribution in [3.63, 3.8) is 0 Å². The lowest BCUT2D eigenvalue weighted by Gasteiger charge is -2.29. The minimum atomic E-state index is -0.313. The molecule has 0 heterocycles. The highest BCUT2D eigenvalue weighted by Crippen LogP contribution is 2.52. The van der Waals surface area contributed by atoms with Gasteiger partial charge in [-0.2, -0.15) is 0 Å². The van der Waals surface area contributed by atoms with Crippen molar-refractivity contribution in [1.29, 1.82) is 0 Å². The summed E-state index contributed by atoms with van der Waals surface area (Å²) in [7, 11) is 0. The van der Waals surface area contributed by atoms with Gasteiger partial charge in [-0.05, 0) is 50.8 Å². The van der Waals surface area contributed by atoms with Crippen LogP contribution in [0, 0.1) is 0 Å². The molecular formula is C20H25NOS. The van der Waals surface area contributed by atoms with Crippen molar-refractivity contribution in [2.45, 2.75) is 48.3 Å². The Kier molecular flexibility index (Phi) is 5.53. The summed E-state index contributed by atoms with van der Waals surface area (Å²) in [6, 6.07) is 10.1. The van der Waals surface area contributed by atoms with E-state index in [1.54, 1.807) is 17.8 Å². The molecule has 0 aliphatic heterocycles. The Morgan fingerprint density at radius 1 is 1.30 bits per heavy atom. The molecule has 122 valence electrons. The number of carbonyl (C=O) groups is 1. The van der Waals surface area contributed by atoms with Crippen LogP contribution in [0.2, 0.25) is 0 Å². The zero-order chi connectivity index (χ0) is 16.9. The summed E-state index contributed by atoms with van der Waals surface area (Å²) in [5, 5.41) is 3.22. The molecule has 0 bridgehead atoms. The van der Waals surface area contributed by atoms with Gasteiger partial charge in [0.05, 0.1) is 4.75 Å². The van der Waals surface area contributed by atoms with Crippen LogP contribution < -0.4 is 5.32 Å². The van der Waals surface area contributed by atoms with Crippen LogP contribution in [-0.2, 0) is 4.79 Å². The molecule has 0 atom stereocenters. The minimum Gasteiger partial charge on any atom is -0.350 e. The molecule has 1 saturated carbocycles. The Morgan fingerprint density at radius 2 is 1.96 bits per heavy atom. The molecule has 1 fully saturated rings. The first-order valence-electron chi connectivity index (χ1n) is 7.91. The summed E-state index contributed by atoms with van der Waals surface area (Å²) < 4.78 is -0.297. The number of allylic oxidation sites excluding steroid dienone is 3. The van der Waals surface area contributed by atoms with Crippen molar-refractivity contribution in [2.75, 3.05) is 0 Å². The summed E-state index contributed by atoms with van der Waals surface area (Å²) in [4.78, 5) is 13.9. The standard InChI is InChI=1S/C20H25NOS/c1-5-10-16(6-2)15-19(3,4)21-18(22)20(13-14-20)23-17-11-8-7-9-12-17/h5-12H,1-2,13-15H2,3-4H3,(H,21,22)/b16-10+. The SMILES string of the molecule is C=C/C=C(\C=C)CC(C)(C)NC(=O)C1(Sc2ccccc2)CC1. The highest BCUT2D eigenvalue weighted by Gasteiger charge is 2.51. The largest absolute Gasteiger partial charge is 0.350 e. The highest BCUT2D eigenvalue weighted by molar-refractivity contribution is 8.01. The van der Waals surface area contributed by atoms with E-state index in [0.717, 1.165) is 29.7 Å². The summed E-state index contributed by atoms with van der Waals surface area (Å²) in [6.07, 6.45) is 8.12. The monoisotopic (exact) mass is 327 g/mol. The van der Waals surface area contributed by atoms with E-state index >= 15 is 0 Å². The summed E-state index contributed by atoms with van der Waals surface area (Å²) in [6.45, 7) is 11.6. The van der Waals surface area contributed by atoms with Gasteiger partial charge in [-0.3, -0.25) is 4.79 Å². The van der Waals surface area contributed by atoms with Crippen LogP contribution in [0.1, 0.15) is 33.1 Å². The molecule has 0 aromatic heterocycles. The topological polar surface area (TPSA) is 29.1 Å². The zero-order valence-corrected chi connectivity index (χ0v) is 14.8. The van der Waals surface area contributed by atoms with E-state index in [1.807, 2.05) is 30.4 Å². The van der Waals surface area contributed by atoms with Gasteiger partial charge >= 0.3 is 0 Å². The van der Waals surface area contributed by atoms with Crippen LogP contribution >= 0.6 is 11.8 Å². The fourth-order valence-electron chi connectivity index (χ4n) is 2.53. The second kappa shape index (κ2) is 7.22. The quantitative estimate of drug-likeness (QED) is 0.688. The maximum absolute atomic E-state index is 12.8. The number of hydrogen-bond donors (Lipinski definition) is 1. The number of benzene rings is 1. The normalized spacial score (nSPS) is 16.5. The van der Waals surface area contributed by atoms with Gasteiger partial charge in [0.15, 0.2) is 0 Å². The van der Waals surface area contributed by atoms with E-state index in [1.165, 1.54) is 0 Å². The molecule has 1 aliphatic carbocycles. The van der Waals surface area contributed by atoms with Crippen molar-refractivity contribution in [3.05, 3.63) is 67.3 Å². The highest BCUT2D eigenvalue weighted by atomic mass is 32.2. The Hall–Kier alpha value is -1.74. The fourth-order valence-corrected chi connectivity index (χ4v) is 3.72. The molecule has 1 N–H and O–H groups in total. The number of rotatable bonds is 8.